The summed E-state index contributed by atoms with van der Waals surface area (Å²) in [6.07, 6.45) is 0. The van der Waals surface area contributed by atoms with Crippen molar-refractivity contribution in [2.75, 3.05) is 10.6 Å². The second-order valence-electron chi connectivity index (χ2n) is 3.96. The van der Waals surface area contributed by atoms with Crippen LogP contribution in [-0.4, -0.2) is 11.4 Å². The number of benzene rings is 1. The highest BCUT2D eigenvalue weighted by atomic mass is 16.2. The van der Waals surface area contributed by atoms with Crippen LogP contribution in [0.4, 0.5) is 17.1 Å². The third-order valence-corrected chi connectivity index (χ3v) is 2.28. The molecule has 0 aromatic heterocycles. The van der Waals surface area contributed by atoms with Crippen molar-refractivity contribution in [1.29, 1.82) is 0 Å². The number of rotatable bonds is 0. The van der Waals surface area contributed by atoms with E-state index in [1.165, 1.54) is 0 Å². The van der Waals surface area contributed by atoms with E-state index in [1.807, 2.05) is 13.8 Å². The molecule has 1 aliphatic rings. The Labute approximate surface area is 82.5 Å². The second kappa shape index (κ2) is 2.64. The highest BCUT2D eigenvalue weighted by Gasteiger charge is 2.32. The molecule has 4 heteroatoms. The minimum Gasteiger partial charge on any atom is -0.370 e. The fourth-order valence-corrected chi connectivity index (χ4v) is 1.43. The van der Waals surface area contributed by atoms with E-state index in [1.54, 1.807) is 18.2 Å². The molecule has 2 rings (SSSR count). The maximum atomic E-state index is 11.6. The van der Waals surface area contributed by atoms with Gasteiger partial charge in [0, 0.05) is 0 Å². The average Bonchev–Trinajstić information content (AvgIpc) is 2.08. The summed E-state index contributed by atoms with van der Waals surface area (Å²) in [4.78, 5) is 11.6. The van der Waals surface area contributed by atoms with E-state index in [-0.39, 0.29) is 5.91 Å². The number of carbonyl (C=O) groups excluding carboxylic acids is 1. The third kappa shape index (κ3) is 1.28. The van der Waals surface area contributed by atoms with Crippen LogP contribution in [0.2, 0.25) is 0 Å². The van der Waals surface area contributed by atoms with Crippen molar-refractivity contribution in [3.63, 3.8) is 0 Å². The van der Waals surface area contributed by atoms with Crippen LogP contribution in [-0.2, 0) is 4.79 Å². The summed E-state index contributed by atoms with van der Waals surface area (Å²) in [5, 5.41) is 5.89. The van der Waals surface area contributed by atoms with Gasteiger partial charge in [0.15, 0.2) is 0 Å². The molecule has 0 bridgehead atoms. The fraction of sp³-hybridized carbons (Fsp3) is 0.300. The molecule has 1 radical (unpaired) electrons. The molecule has 0 saturated heterocycles. The van der Waals surface area contributed by atoms with Crippen molar-refractivity contribution >= 4 is 23.0 Å². The number of amides is 1. The number of carbonyl (C=O) groups is 1. The SMILES string of the molecule is CC1(C)Nc2ccc([NH])cc2NC1=O. The van der Waals surface area contributed by atoms with Crippen LogP contribution in [0, 0.1) is 0 Å². The molecule has 0 spiro atoms. The monoisotopic (exact) mass is 190 g/mol. The van der Waals surface area contributed by atoms with E-state index >= 15 is 0 Å². The zero-order valence-corrected chi connectivity index (χ0v) is 8.14. The van der Waals surface area contributed by atoms with Crippen LogP contribution >= 0.6 is 0 Å². The first-order valence-corrected chi connectivity index (χ1v) is 4.44. The molecule has 1 heterocycles. The lowest BCUT2D eigenvalue weighted by atomic mass is 10.00. The fourth-order valence-electron chi connectivity index (χ4n) is 1.43. The molecule has 0 fully saturated rings. The molecule has 14 heavy (non-hydrogen) atoms. The average molecular weight is 190 g/mol. The Hall–Kier alpha value is -1.71. The molecule has 1 aromatic carbocycles. The van der Waals surface area contributed by atoms with E-state index in [0.717, 1.165) is 5.69 Å². The maximum Gasteiger partial charge on any atom is 0.249 e. The Morgan fingerprint density at radius 2 is 2.00 bits per heavy atom. The summed E-state index contributed by atoms with van der Waals surface area (Å²) in [5.41, 5.74) is 8.78. The minimum atomic E-state index is -0.587. The van der Waals surface area contributed by atoms with Gasteiger partial charge in [0.2, 0.25) is 5.91 Å². The smallest absolute Gasteiger partial charge is 0.249 e. The van der Waals surface area contributed by atoms with Crippen molar-refractivity contribution in [1.82, 2.24) is 5.73 Å². The van der Waals surface area contributed by atoms with Gasteiger partial charge in [0.1, 0.15) is 5.54 Å². The number of fused-ring (bicyclic) bond motifs is 1. The quantitative estimate of drug-likeness (QED) is 0.654. The van der Waals surface area contributed by atoms with Gasteiger partial charge >= 0.3 is 0 Å². The van der Waals surface area contributed by atoms with Gasteiger partial charge in [-0.3, -0.25) is 4.79 Å². The molecular weight excluding hydrogens is 178 g/mol. The first-order chi connectivity index (χ1) is 6.49. The highest BCUT2D eigenvalue weighted by Crippen LogP contribution is 2.32. The van der Waals surface area contributed by atoms with E-state index in [4.69, 9.17) is 5.73 Å². The van der Waals surface area contributed by atoms with E-state index in [9.17, 15) is 4.79 Å². The molecule has 1 aliphatic heterocycles. The van der Waals surface area contributed by atoms with Gasteiger partial charge in [0.25, 0.3) is 0 Å². The van der Waals surface area contributed by atoms with E-state index < -0.39 is 5.54 Å². The van der Waals surface area contributed by atoms with Gasteiger partial charge in [-0.1, -0.05) is 0 Å². The molecule has 0 aliphatic carbocycles. The molecule has 1 aromatic rings. The van der Waals surface area contributed by atoms with E-state index in [0.29, 0.717) is 11.4 Å². The Morgan fingerprint density at radius 3 is 2.71 bits per heavy atom. The topological polar surface area (TPSA) is 64.9 Å². The molecule has 4 nitrogen and oxygen atoms in total. The van der Waals surface area contributed by atoms with Crippen LogP contribution in [0.5, 0.6) is 0 Å². The van der Waals surface area contributed by atoms with Gasteiger partial charge in [-0.05, 0) is 32.0 Å². The normalized spacial score (nSPS) is 18.0. The lowest BCUT2D eigenvalue weighted by molar-refractivity contribution is -0.119. The maximum absolute atomic E-state index is 11.6. The van der Waals surface area contributed by atoms with Crippen molar-refractivity contribution in [3.05, 3.63) is 18.2 Å². The lowest BCUT2D eigenvalue weighted by Crippen LogP contribution is -2.47. The minimum absolute atomic E-state index is 0.0735. The first-order valence-electron chi connectivity index (χ1n) is 4.44. The Morgan fingerprint density at radius 1 is 1.29 bits per heavy atom. The Bertz CT molecular complexity index is 398. The number of anilines is 2. The molecule has 3 N–H and O–H groups in total. The Kier molecular flexibility index (Phi) is 1.67. The number of nitrogens with one attached hydrogen (secondary N) is 3. The van der Waals surface area contributed by atoms with Crippen LogP contribution in [0.15, 0.2) is 18.2 Å². The summed E-state index contributed by atoms with van der Waals surface area (Å²) in [6, 6.07) is 5.13. The summed E-state index contributed by atoms with van der Waals surface area (Å²) < 4.78 is 0. The van der Waals surface area contributed by atoms with Crippen LogP contribution < -0.4 is 16.4 Å². The molecular formula is C10H12N3O. The number of hydrogen-bond acceptors (Lipinski definition) is 2. The lowest BCUT2D eigenvalue weighted by Gasteiger charge is -2.32. The summed E-state index contributed by atoms with van der Waals surface area (Å²) >= 11 is 0. The van der Waals surface area contributed by atoms with Gasteiger partial charge in [-0.2, -0.15) is 0 Å². The summed E-state index contributed by atoms with van der Waals surface area (Å²) in [5.74, 6) is -0.0735. The van der Waals surface area contributed by atoms with Crippen LogP contribution in [0.3, 0.4) is 0 Å². The first kappa shape index (κ1) is 8.87. The van der Waals surface area contributed by atoms with Crippen molar-refractivity contribution in [3.8, 4) is 0 Å². The van der Waals surface area contributed by atoms with Gasteiger partial charge < -0.3 is 16.4 Å². The predicted octanol–water partition coefficient (Wildman–Crippen LogP) is 1.74. The van der Waals surface area contributed by atoms with Crippen molar-refractivity contribution in [2.24, 2.45) is 0 Å². The summed E-state index contributed by atoms with van der Waals surface area (Å²) in [6.45, 7) is 3.64. The van der Waals surface area contributed by atoms with E-state index in [2.05, 4.69) is 10.6 Å². The van der Waals surface area contributed by atoms with Crippen LogP contribution in [0.25, 0.3) is 0 Å². The molecule has 1 amide bonds. The van der Waals surface area contributed by atoms with Gasteiger partial charge in [-0.15, -0.1) is 0 Å². The molecule has 0 saturated carbocycles. The van der Waals surface area contributed by atoms with Gasteiger partial charge in [0.05, 0.1) is 17.1 Å². The Balaban J connectivity index is 2.46. The molecule has 0 unspecified atom stereocenters. The third-order valence-electron chi connectivity index (χ3n) is 2.28. The predicted molar refractivity (Wildman–Crippen MR) is 55.5 cm³/mol. The second-order valence-corrected chi connectivity index (χ2v) is 3.96. The highest BCUT2D eigenvalue weighted by molar-refractivity contribution is 6.05. The summed E-state index contributed by atoms with van der Waals surface area (Å²) in [7, 11) is 0. The van der Waals surface area contributed by atoms with Crippen molar-refractivity contribution < 1.29 is 4.79 Å². The molecule has 73 valence electrons. The number of hydrogen-bond donors (Lipinski definition) is 2. The van der Waals surface area contributed by atoms with Crippen LogP contribution in [0.1, 0.15) is 13.8 Å². The van der Waals surface area contributed by atoms with Crippen molar-refractivity contribution in [2.45, 2.75) is 19.4 Å². The zero-order chi connectivity index (χ0) is 10.3. The standard InChI is InChI=1S/C10H12N3O/c1-10(2)9(14)12-8-5-6(11)3-4-7(8)13-10/h3-5,11,13H,1-2H3,(H,12,14). The molecule has 0 atom stereocenters. The largest absolute Gasteiger partial charge is 0.370 e. The van der Waals surface area contributed by atoms with Gasteiger partial charge in [-0.25, -0.2) is 0 Å². The zero-order valence-electron chi connectivity index (χ0n) is 8.14.